The Labute approximate surface area is 304 Å². The summed E-state index contributed by atoms with van der Waals surface area (Å²) in [6.07, 6.45) is 0. The van der Waals surface area contributed by atoms with Crippen molar-refractivity contribution < 1.29 is 0 Å². The van der Waals surface area contributed by atoms with Crippen molar-refractivity contribution in [1.29, 1.82) is 0 Å². The van der Waals surface area contributed by atoms with Gasteiger partial charge in [-0.1, -0.05) is 0 Å². The first-order valence-electron chi connectivity index (χ1n) is 17.2. The third kappa shape index (κ3) is 9.36. The number of benzene rings is 3. The summed E-state index contributed by atoms with van der Waals surface area (Å²) in [5, 5.41) is 0. The van der Waals surface area contributed by atoms with Crippen molar-refractivity contribution in [2.45, 2.75) is 150 Å². The molecule has 0 aromatic heterocycles. The van der Waals surface area contributed by atoms with Crippen LogP contribution >= 0.6 is 0 Å². The van der Waals surface area contributed by atoms with Crippen molar-refractivity contribution in [3.05, 3.63) is 72.8 Å². The fourth-order valence-corrected chi connectivity index (χ4v) is 44.8. The molecule has 254 valence electrons. The van der Waals surface area contributed by atoms with Crippen molar-refractivity contribution in [2.24, 2.45) is 0 Å². The molecule has 0 N–H and O–H groups in total. The molecule has 0 fully saturated rings. The molecule has 0 aliphatic heterocycles. The molecule has 0 saturated heterocycles. The summed E-state index contributed by atoms with van der Waals surface area (Å²) < 4.78 is 12.0. The average molecular weight is 871 g/mol. The monoisotopic (exact) mass is 870 g/mol. The van der Waals surface area contributed by atoms with Gasteiger partial charge in [-0.3, -0.25) is 0 Å². The standard InChI is InChI=1S/C42H66As4/c1-37(2,3)44(38(4,5)6)34-28-22-19-25-31(34)43(32-26-20-23-29-35(32)45(39(7,8)9)40(10,11)12)33-27-21-24-30-36(33)46(41(13,14)15)42(16,17)18/h19-30H,1-18H3. The molecule has 0 unspecified atom stereocenters. The predicted molar refractivity (Wildman–Crippen MR) is 218 cm³/mol. The van der Waals surface area contributed by atoms with Crippen LogP contribution in [0.1, 0.15) is 125 Å². The topological polar surface area (TPSA) is 0 Å². The molecule has 0 spiro atoms. The van der Waals surface area contributed by atoms with Gasteiger partial charge >= 0.3 is 307 Å². The van der Waals surface area contributed by atoms with Gasteiger partial charge in [0.05, 0.1) is 0 Å². The Bertz CT molecular complexity index is 1240. The maximum absolute atomic E-state index is 2.60. The van der Waals surface area contributed by atoms with Crippen molar-refractivity contribution in [3.63, 3.8) is 0 Å². The predicted octanol–water partition coefficient (Wildman–Crippen LogP) is 9.11. The van der Waals surface area contributed by atoms with E-state index in [2.05, 4.69) is 197 Å². The summed E-state index contributed by atoms with van der Waals surface area (Å²) in [4.78, 5) is 0. The van der Waals surface area contributed by atoms with E-state index in [1.165, 1.54) is 0 Å². The minimum atomic E-state index is -2.02. The molecule has 4 heteroatoms. The van der Waals surface area contributed by atoms with Gasteiger partial charge in [0.25, 0.3) is 0 Å². The van der Waals surface area contributed by atoms with Crippen molar-refractivity contribution >= 4 is 84.7 Å². The Balaban J connectivity index is 2.63. The second kappa shape index (κ2) is 14.3. The molecule has 0 saturated carbocycles. The molecule has 0 heterocycles. The molecule has 0 bridgehead atoms. The Morgan fingerprint density at radius 1 is 0.261 bits per heavy atom. The maximum atomic E-state index is 2.60. The zero-order valence-electron chi connectivity index (χ0n) is 32.7. The Morgan fingerprint density at radius 3 is 0.565 bits per heavy atom. The van der Waals surface area contributed by atoms with Gasteiger partial charge in [-0.25, -0.2) is 0 Å². The first kappa shape index (κ1) is 40.3. The molecule has 0 aliphatic rings. The summed E-state index contributed by atoms with van der Waals surface area (Å²) in [6, 6.07) is 29.7. The van der Waals surface area contributed by atoms with E-state index in [9.17, 15) is 0 Å². The summed E-state index contributed by atoms with van der Waals surface area (Å²) >= 11 is -6.71. The summed E-state index contributed by atoms with van der Waals surface area (Å²) in [5.74, 6) is 0. The Morgan fingerprint density at radius 2 is 0.413 bits per heavy atom. The Hall–Kier alpha value is -0.106. The van der Waals surface area contributed by atoms with Crippen LogP contribution in [0.4, 0.5) is 0 Å². The van der Waals surface area contributed by atoms with Crippen LogP contribution in [0.3, 0.4) is 0 Å². The van der Waals surface area contributed by atoms with E-state index in [0.717, 1.165) is 0 Å². The van der Waals surface area contributed by atoms with Gasteiger partial charge in [0.15, 0.2) is 0 Å². The number of rotatable bonds is 6. The molecular weight excluding hydrogens is 804 g/mol. The molecule has 0 nitrogen and oxygen atoms in total. The summed E-state index contributed by atoms with van der Waals surface area (Å²) in [7, 11) is 0. The molecule has 0 radical (unpaired) electrons. The van der Waals surface area contributed by atoms with Gasteiger partial charge < -0.3 is 0 Å². The molecule has 3 aromatic rings. The summed E-state index contributed by atoms with van der Waals surface area (Å²) in [6.45, 7) is 45.5. The number of hydrogen-bond acceptors (Lipinski definition) is 0. The van der Waals surface area contributed by atoms with E-state index in [1.807, 2.05) is 0 Å². The quantitative estimate of drug-likeness (QED) is 0.217. The molecule has 3 rings (SSSR count). The SMILES string of the molecule is CC(C)(C)[As](c1ccccc1[As](c1ccccc1[As](C(C)(C)C)C(C)(C)C)c1ccccc1[As](C(C)(C)C)C(C)(C)C)C(C)(C)C. The second-order valence-electron chi connectivity index (χ2n) is 18.8. The van der Waals surface area contributed by atoms with Crippen LogP contribution < -0.4 is 26.1 Å². The molecular formula is C42H66As4. The Kier molecular flexibility index (Phi) is 12.5. The third-order valence-electron chi connectivity index (χ3n) is 8.12. The van der Waals surface area contributed by atoms with Crippen LogP contribution in [0.25, 0.3) is 0 Å². The second-order valence-corrected chi connectivity index (χ2v) is 47.4. The van der Waals surface area contributed by atoms with Crippen LogP contribution in [0.15, 0.2) is 72.8 Å². The molecule has 0 atom stereocenters. The van der Waals surface area contributed by atoms with Crippen molar-refractivity contribution in [3.8, 4) is 0 Å². The van der Waals surface area contributed by atoms with Crippen molar-refractivity contribution in [2.75, 3.05) is 0 Å². The molecule has 3 aromatic carbocycles. The van der Waals surface area contributed by atoms with Crippen LogP contribution in [0.2, 0.25) is 25.2 Å². The van der Waals surface area contributed by atoms with Gasteiger partial charge in [0, 0.05) is 0 Å². The zero-order valence-corrected chi connectivity index (χ0v) is 40.2. The average Bonchev–Trinajstić information content (AvgIpc) is 2.82. The van der Waals surface area contributed by atoms with E-state index in [1.54, 1.807) is 26.1 Å². The van der Waals surface area contributed by atoms with Gasteiger partial charge in [0.2, 0.25) is 0 Å². The van der Waals surface area contributed by atoms with Crippen molar-refractivity contribution in [1.82, 2.24) is 0 Å². The fourth-order valence-electron chi connectivity index (χ4n) is 8.10. The van der Waals surface area contributed by atoms with Gasteiger partial charge in [0.1, 0.15) is 0 Å². The van der Waals surface area contributed by atoms with Crippen LogP contribution in [0, 0.1) is 0 Å². The van der Waals surface area contributed by atoms with E-state index in [-0.39, 0.29) is 25.2 Å². The van der Waals surface area contributed by atoms with E-state index < -0.39 is 58.6 Å². The number of hydrogen-bond donors (Lipinski definition) is 0. The first-order chi connectivity index (χ1) is 20.7. The fraction of sp³-hybridized carbons (Fsp3) is 0.571. The van der Waals surface area contributed by atoms with E-state index >= 15 is 0 Å². The van der Waals surface area contributed by atoms with Gasteiger partial charge in [-0.2, -0.15) is 0 Å². The first-order valence-corrected chi connectivity index (χ1v) is 28.4. The van der Waals surface area contributed by atoms with Gasteiger partial charge in [-0.05, 0) is 0 Å². The van der Waals surface area contributed by atoms with E-state index in [4.69, 9.17) is 0 Å². The van der Waals surface area contributed by atoms with Crippen LogP contribution in [0.5, 0.6) is 0 Å². The van der Waals surface area contributed by atoms with Crippen LogP contribution in [-0.4, -0.2) is 58.6 Å². The normalized spacial score (nSPS) is 14.2. The molecule has 0 amide bonds. The zero-order chi connectivity index (χ0) is 35.3. The van der Waals surface area contributed by atoms with Gasteiger partial charge in [-0.15, -0.1) is 0 Å². The molecule has 46 heavy (non-hydrogen) atoms. The van der Waals surface area contributed by atoms with Crippen LogP contribution in [-0.2, 0) is 0 Å². The minimum absolute atomic E-state index is 0.281. The third-order valence-corrected chi connectivity index (χ3v) is 38.5. The molecule has 0 aliphatic carbocycles. The van der Waals surface area contributed by atoms with E-state index in [0.29, 0.717) is 0 Å². The summed E-state index contributed by atoms with van der Waals surface area (Å²) in [5.41, 5.74) is 0.